The zero-order valence-corrected chi connectivity index (χ0v) is 8.75. The number of anilines is 1. The van der Waals surface area contributed by atoms with Crippen molar-refractivity contribution in [3.63, 3.8) is 0 Å². The molecule has 5 heteroatoms. The van der Waals surface area contributed by atoms with Gasteiger partial charge in [0, 0.05) is 25.1 Å². The van der Waals surface area contributed by atoms with E-state index in [1.54, 1.807) is 0 Å². The minimum Gasteiger partial charge on any atom is -0.364 e. The summed E-state index contributed by atoms with van der Waals surface area (Å²) in [6, 6.07) is 2.00. The maximum Gasteiger partial charge on any atom is 0.222 e. The van der Waals surface area contributed by atoms with E-state index in [-0.39, 0.29) is 11.9 Å². The van der Waals surface area contributed by atoms with Gasteiger partial charge in [-0.2, -0.15) is 0 Å². The number of aromatic nitrogens is 1. The molecule has 15 heavy (non-hydrogen) atoms. The van der Waals surface area contributed by atoms with Crippen LogP contribution in [0.4, 0.5) is 5.82 Å². The van der Waals surface area contributed by atoms with E-state index >= 15 is 0 Å². The number of amides is 1. The van der Waals surface area contributed by atoms with Gasteiger partial charge in [0.1, 0.15) is 5.76 Å². The third-order valence-corrected chi connectivity index (χ3v) is 2.46. The Bertz CT molecular complexity index is 348. The van der Waals surface area contributed by atoms with Gasteiger partial charge in [0.05, 0.1) is 0 Å². The predicted molar refractivity (Wildman–Crippen MR) is 55.5 cm³/mol. The zero-order chi connectivity index (χ0) is 10.7. The highest BCUT2D eigenvalue weighted by atomic mass is 16.5. The molecule has 2 N–H and O–H groups in total. The number of carbonyl (C=O) groups excluding carboxylic acids is 1. The summed E-state index contributed by atoms with van der Waals surface area (Å²) < 4.78 is 4.95. The fraction of sp³-hybridized carbons (Fsp3) is 0.600. The summed E-state index contributed by atoms with van der Waals surface area (Å²) in [4.78, 5) is 11.3. The maximum absolute atomic E-state index is 11.3. The molecule has 0 saturated carbocycles. The number of carbonyl (C=O) groups is 1. The van der Waals surface area contributed by atoms with Crippen molar-refractivity contribution >= 4 is 11.7 Å². The van der Waals surface area contributed by atoms with Gasteiger partial charge in [0.25, 0.3) is 0 Å². The predicted octanol–water partition coefficient (Wildman–Crippen LogP) is 1.06. The van der Waals surface area contributed by atoms with Gasteiger partial charge in [-0.05, 0) is 19.8 Å². The molecule has 0 aliphatic carbocycles. The van der Waals surface area contributed by atoms with Gasteiger partial charge in [-0.15, -0.1) is 0 Å². The van der Waals surface area contributed by atoms with Gasteiger partial charge in [-0.25, -0.2) is 0 Å². The van der Waals surface area contributed by atoms with E-state index in [1.807, 2.05) is 13.0 Å². The average molecular weight is 209 g/mol. The molecule has 1 aliphatic heterocycles. The fourth-order valence-corrected chi connectivity index (χ4v) is 1.74. The van der Waals surface area contributed by atoms with Crippen molar-refractivity contribution < 1.29 is 9.32 Å². The number of aryl methyl sites for hydroxylation is 1. The molecular formula is C10H15N3O2. The molecule has 0 bridgehead atoms. The van der Waals surface area contributed by atoms with Crippen LogP contribution >= 0.6 is 0 Å². The molecule has 1 aromatic rings. The third kappa shape index (κ3) is 2.71. The van der Waals surface area contributed by atoms with E-state index in [4.69, 9.17) is 4.52 Å². The van der Waals surface area contributed by atoms with E-state index < -0.39 is 0 Å². The molecule has 1 fully saturated rings. The first-order chi connectivity index (χ1) is 7.24. The number of rotatable bonds is 2. The molecule has 2 rings (SSSR count). The lowest BCUT2D eigenvalue weighted by Gasteiger charge is -2.13. The summed E-state index contributed by atoms with van der Waals surface area (Å²) >= 11 is 0. The van der Waals surface area contributed by atoms with Crippen molar-refractivity contribution in [3.05, 3.63) is 11.8 Å². The van der Waals surface area contributed by atoms with E-state index in [9.17, 15) is 4.79 Å². The van der Waals surface area contributed by atoms with Gasteiger partial charge in [0.15, 0.2) is 5.82 Å². The SMILES string of the molecule is Cc1cc(NC2CCCNC(=O)C2)no1. The van der Waals surface area contributed by atoms with Crippen LogP contribution in [0.2, 0.25) is 0 Å². The summed E-state index contributed by atoms with van der Waals surface area (Å²) in [5.74, 6) is 1.59. The van der Waals surface area contributed by atoms with Crippen LogP contribution in [-0.4, -0.2) is 23.7 Å². The minimum atomic E-state index is 0.102. The lowest BCUT2D eigenvalue weighted by atomic mass is 10.1. The molecule has 1 aliphatic rings. The Morgan fingerprint density at radius 3 is 3.27 bits per heavy atom. The van der Waals surface area contributed by atoms with Gasteiger partial charge in [-0.1, -0.05) is 5.16 Å². The summed E-state index contributed by atoms with van der Waals surface area (Å²) in [6.07, 6.45) is 2.48. The van der Waals surface area contributed by atoms with Gasteiger partial charge in [0.2, 0.25) is 5.91 Å². The highest BCUT2D eigenvalue weighted by molar-refractivity contribution is 5.77. The van der Waals surface area contributed by atoms with Gasteiger partial charge < -0.3 is 15.2 Å². The first-order valence-electron chi connectivity index (χ1n) is 5.20. The Hall–Kier alpha value is -1.52. The van der Waals surface area contributed by atoms with Crippen LogP contribution in [0.3, 0.4) is 0 Å². The largest absolute Gasteiger partial charge is 0.364 e. The van der Waals surface area contributed by atoms with Gasteiger partial charge >= 0.3 is 0 Å². The van der Waals surface area contributed by atoms with Crippen LogP contribution < -0.4 is 10.6 Å². The van der Waals surface area contributed by atoms with Crippen molar-refractivity contribution in [1.29, 1.82) is 0 Å². The molecule has 0 radical (unpaired) electrons. The first-order valence-corrected chi connectivity index (χ1v) is 5.20. The van der Waals surface area contributed by atoms with Crippen molar-refractivity contribution in [3.8, 4) is 0 Å². The van der Waals surface area contributed by atoms with Crippen LogP contribution in [0.25, 0.3) is 0 Å². The first kappa shape index (κ1) is 10.0. The molecule has 82 valence electrons. The molecule has 5 nitrogen and oxygen atoms in total. The van der Waals surface area contributed by atoms with Crippen molar-refractivity contribution in [2.75, 3.05) is 11.9 Å². The number of hydrogen-bond donors (Lipinski definition) is 2. The highest BCUT2D eigenvalue weighted by Gasteiger charge is 2.17. The van der Waals surface area contributed by atoms with Crippen molar-refractivity contribution in [1.82, 2.24) is 10.5 Å². The molecule has 1 aromatic heterocycles. The summed E-state index contributed by atoms with van der Waals surface area (Å²) in [5.41, 5.74) is 0. The van der Waals surface area contributed by atoms with Crippen LogP contribution in [0, 0.1) is 6.92 Å². The molecule has 0 aromatic carbocycles. The van der Waals surface area contributed by atoms with Gasteiger partial charge in [-0.3, -0.25) is 4.79 Å². The van der Waals surface area contributed by atoms with Crippen LogP contribution in [0.1, 0.15) is 25.0 Å². The normalized spacial score (nSPS) is 21.9. The molecule has 0 spiro atoms. The standard InChI is InChI=1S/C10H15N3O2/c1-7-5-9(13-15-7)12-8-3-2-4-11-10(14)6-8/h5,8H,2-4,6H2,1H3,(H,11,14)(H,12,13). The maximum atomic E-state index is 11.3. The summed E-state index contributed by atoms with van der Waals surface area (Å²) in [7, 11) is 0. The minimum absolute atomic E-state index is 0.102. The smallest absolute Gasteiger partial charge is 0.222 e. The summed E-state index contributed by atoms with van der Waals surface area (Å²) in [5, 5.41) is 9.90. The van der Waals surface area contributed by atoms with Crippen LogP contribution in [0.5, 0.6) is 0 Å². The van der Waals surface area contributed by atoms with Crippen molar-refractivity contribution in [2.24, 2.45) is 0 Å². The molecule has 2 heterocycles. The Morgan fingerprint density at radius 2 is 2.53 bits per heavy atom. The molecule has 1 amide bonds. The second kappa shape index (κ2) is 4.33. The van der Waals surface area contributed by atoms with Crippen molar-refractivity contribution in [2.45, 2.75) is 32.2 Å². The molecule has 1 atom stereocenters. The van der Waals surface area contributed by atoms with Crippen LogP contribution in [0.15, 0.2) is 10.6 Å². The van der Waals surface area contributed by atoms with E-state index in [0.717, 1.165) is 25.1 Å². The topological polar surface area (TPSA) is 67.2 Å². The number of hydrogen-bond acceptors (Lipinski definition) is 4. The number of nitrogens with zero attached hydrogens (tertiary/aromatic N) is 1. The fourth-order valence-electron chi connectivity index (χ4n) is 1.74. The second-order valence-electron chi connectivity index (χ2n) is 3.86. The Kier molecular flexibility index (Phi) is 2.89. The van der Waals surface area contributed by atoms with E-state index in [1.165, 1.54) is 0 Å². The quantitative estimate of drug-likeness (QED) is 0.764. The third-order valence-electron chi connectivity index (χ3n) is 2.46. The Balaban J connectivity index is 1.95. The second-order valence-corrected chi connectivity index (χ2v) is 3.86. The highest BCUT2D eigenvalue weighted by Crippen LogP contribution is 2.14. The monoisotopic (exact) mass is 209 g/mol. The average Bonchev–Trinajstić information content (AvgIpc) is 2.46. The molecular weight excluding hydrogens is 194 g/mol. The summed E-state index contributed by atoms with van der Waals surface area (Å²) in [6.45, 7) is 2.62. The number of nitrogens with one attached hydrogen (secondary N) is 2. The van der Waals surface area contributed by atoms with E-state index in [0.29, 0.717) is 12.2 Å². The lowest BCUT2D eigenvalue weighted by Crippen LogP contribution is -2.26. The zero-order valence-electron chi connectivity index (χ0n) is 8.75. The molecule has 1 saturated heterocycles. The Labute approximate surface area is 88.2 Å². The molecule has 1 unspecified atom stereocenters. The Morgan fingerprint density at radius 1 is 1.67 bits per heavy atom. The van der Waals surface area contributed by atoms with Crippen LogP contribution in [-0.2, 0) is 4.79 Å². The lowest BCUT2D eigenvalue weighted by molar-refractivity contribution is -0.120. The van der Waals surface area contributed by atoms with E-state index in [2.05, 4.69) is 15.8 Å².